The summed E-state index contributed by atoms with van der Waals surface area (Å²) in [5, 5.41) is 0. The molecule has 0 radical (unpaired) electrons. The largest absolute Gasteiger partial charge is 0.513 e. The van der Waals surface area contributed by atoms with Crippen molar-refractivity contribution in [3.05, 3.63) is 169 Å². The molecule has 5 aromatic carbocycles. The molecule has 0 bridgehead atoms. The third-order valence-corrected chi connectivity index (χ3v) is 9.27. The molecule has 18 nitrogen and oxygen atoms in total. The van der Waals surface area contributed by atoms with Crippen LogP contribution < -0.4 is 28.4 Å². The first kappa shape index (κ1) is 51.9. The van der Waals surface area contributed by atoms with Crippen LogP contribution in [0.4, 0.5) is 9.59 Å². The molecule has 0 aliphatic heterocycles. The molecular formula is C52H46O18. The van der Waals surface area contributed by atoms with Crippen molar-refractivity contribution in [2.75, 3.05) is 26.4 Å². The van der Waals surface area contributed by atoms with Crippen LogP contribution in [0.1, 0.15) is 80.0 Å². The number of hydrogen-bond acceptors (Lipinski definition) is 18. The van der Waals surface area contributed by atoms with Gasteiger partial charge in [-0.2, -0.15) is 0 Å². The molecule has 0 saturated heterocycles. The normalized spacial score (nSPS) is 10.3. The Morgan fingerprint density at radius 1 is 0.300 bits per heavy atom. The van der Waals surface area contributed by atoms with E-state index in [1.807, 2.05) is 0 Å². The summed E-state index contributed by atoms with van der Waals surface area (Å²) in [6, 6.07) is 28.2. The average Bonchev–Trinajstić information content (AvgIpc) is 3.36. The Hall–Kier alpha value is -9.06. The fraction of sp³-hybridized carbons (Fsp3) is 0.192. The Labute approximate surface area is 401 Å². The molecular weight excluding hydrogens is 913 g/mol. The minimum atomic E-state index is -0.915. The van der Waals surface area contributed by atoms with Gasteiger partial charge in [0.2, 0.25) is 0 Å². The number of carbonyl (C=O) groups is 8. The van der Waals surface area contributed by atoms with E-state index in [1.54, 1.807) is 0 Å². The van der Waals surface area contributed by atoms with Gasteiger partial charge in [-0.1, -0.05) is 13.2 Å². The summed E-state index contributed by atoms with van der Waals surface area (Å²) in [6.45, 7) is 7.34. The summed E-state index contributed by atoms with van der Waals surface area (Å²) < 4.78 is 51.7. The van der Waals surface area contributed by atoms with Crippen molar-refractivity contribution in [3.63, 3.8) is 0 Å². The third-order valence-electron chi connectivity index (χ3n) is 9.27. The van der Waals surface area contributed by atoms with Crippen molar-refractivity contribution in [1.82, 2.24) is 0 Å². The molecule has 0 unspecified atom stereocenters. The predicted molar refractivity (Wildman–Crippen MR) is 246 cm³/mol. The number of ether oxygens (including phenoxy) is 10. The van der Waals surface area contributed by atoms with Crippen molar-refractivity contribution < 1.29 is 85.7 Å². The van der Waals surface area contributed by atoms with Crippen LogP contribution in [0.25, 0.3) is 0 Å². The summed E-state index contributed by atoms with van der Waals surface area (Å²) in [5.41, 5.74) is 0.635. The van der Waals surface area contributed by atoms with E-state index in [9.17, 15) is 38.4 Å². The molecule has 362 valence electrons. The van der Waals surface area contributed by atoms with E-state index in [1.165, 1.54) is 121 Å². The van der Waals surface area contributed by atoms with Gasteiger partial charge in [0.05, 0.1) is 48.7 Å². The van der Waals surface area contributed by atoms with Gasteiger partial charge < -0.3 is 47.4 Å². The molecule has 5 aromatic rings. The first-order valence-corrected chi connectivity index (χ1v) is 21.6. The molecule has 0 atom stereocenters. The van der Waals surface area contributed by atoms with Crippen LogP contribution in [0.5, 0.6) is 34.5 Å². The van der Waals surface area contributed by atoms with Crippen LogP contribution in [0.2, 0.25) is 0 Å². The number of hydrogen-bond donors (Lipinski definition) is 0. The maximum absolute atomic E-state index is 12.8. The zero-order valence-electron chi connectivity index (χ0n) is 37.5. The lowest BCUT2D eigenvalue weighted by molar-refractivity contribution is -0.138. The van der Waals surface area contributed by atoms with E-state index in [2.05, 4.69) is 13.2 Å². The first-order valence-electron chi connectivity index (χ1n) is 21.6. The summed E-state index contributed by atoms with van der Waals surface area (Å²) in [6.07, 6.45) is 3.96. The lowest BCUT2D eigenvalue weighted by Gasteiger charge is -2.09. The molecule has 0 aliphatic rings. The second-order valence-corrected chi connectivity index (χ2v) is 14.4. The Kier molecular flexibility index (Phi) is 20.4. The van der Waals surface area contributed by atoms with E-state index in [0.717, 1.165) is 12.2 Å². The molecule has 5 rings (SSSR count). The van der Waals surface area contributed by atoms with Gasteiger partial charge in [-0.3, -0.25) is 0 Å². The second-order valence-electron chi connectivity index (χ2n) is 14.4. The Bertz CT molecular complexity index is 2420. The number of esters is 6. The highest BCUT2D eigenvalue weighted by Gasteiger charge is 2.16. The van der Waals surface area contributed by atoms with Crippen molar-refractivity contribution in [3.8, 4) is 34.5 Å². The van der Waals surface area contributed by atoms with Crippen LogP contribution in [0, 0.1) is 0 Å². The predicted octanol–water partition coefficient (Wildman–Crippen LogP) is 9.39. The second kappa shape index (κ2) is 27.5. The van der Waals surface area contributed by atoms with Crippen LogP contribution in [-0.2, 0) is 28.5 Å². The zero-order valence-corrected chi connectivity index (χ0v) is 37.5. The van der Waals surface area contributed by atoms with Gasteiger partial charge in [0.15, 0.2) is 0 Å². The standard InChI is InChI=1S/C52H46O18/c1-3-45(53)61-31-7-5-9-33-63-51(59)69-43-23-15-37(16-24-43)47(55)65-39-19-11-35(12-20-39)49(57)67-41-27-29-42(30-28-41)68-50(58)36-13-21-40(22-14-36)66-48(56)38-17-25-44(26-18-38)70-52(60)64-34-10-6-8-32-62-46(54)4-2/h3-4,11-30H,1-2,5-10,31-34H2. The molecule has 0 amide bonds. The smallest absolute Gasteiger partial charge is 0.463 e. The van der Waals surface area contributed by atoms with Gasteiger partial charge in [-0.15, -0.1) is 0 Å². The van der Waals surface area contributed by atoms with E-state index in [-0.39, 0.29) is 83.2 Å². The number of unbranched alkanes of at least 4 members (excludes halogenated alkanes) is 4. The lowest BCUT2D eigenvalue weighted by Crippen LogP contribution is -2.12. The molecule has 0 heterocycles. The fourth-order valence-electron chi connectivity index (χ4n) is 5.66. The van der Waals surface area contributed by atoms with Gasteiger partial charge in [-0.25, -0.2) is 38.4 Å². The van der Waals surface area contributed by atoms with Crippen molar-refractivity contribution in [2.24, 2.45) is 0 Å². The average molecular weight is 959 g/mol. The Morgan fingerprint density at radius 2 is 0.514 bits per heavy atom. The molecule has 0 fully saturated rings. The molecule has 70 heavy (non-hydrogen) atoms. The minimum Gasteiger partial charge on any atom is -0.463 e. The Morgan fingerprint density at radius 3 is 0.757 bits per heavy atom. The number of rotatable bonds is 24. The van der Waals surface area contributed by atoms with E-state index in [0.29, 0.717) is 38.5 Å². The van der Waals surface area contributed by atoms with E-state index in [4.69, 9.17) is 47.4 Å². The summed E-state index contributed by atoms with van der Waals surface area (Å²) in [5.74, 6) is -2.92. The zero-order chi connectivity index (χ0) is 50.1. The fourth-order valence-corrected chi connectivity index (χ4v) is 5.66. The first-order chi connectivity index (χ1) is 33.9. The lowest BCUT2D eigenvalue weighted by atomic mass is 10.2. The molecule has 0 N–H and O–H groups in total. The maximum atomic E-state index is 12.8. The van der Waals surface area contributed by atoms with Crippen molar-refractivity contribution in [1.29, 1.82) is 0 Å². The van der Waals surface area contributed by atoms with Crippen LogP contribution in [0.3, 0.4) is 0 Å². The SMILES string of the molecule is C=CC(=O)OCCCCCOC(=O)Oc1ccc(C(=O)Oc2ccc(C(=O)Oc3ccc(OC(=O)c4ccc(OC(=O)c5ccc(OC(=O)OCCCCCOC(=O)C=C)cc5)cc4)cc3)cc2)cc1. The third kappa shape index (κ3) is 18.0. The van der Waals surface area contributed by atoms with Gasteiger partial charge in [0.1, 0.15) is 34.5 Å². The Balaban J connectivity index is 0.979. The number of carbonyl (C=O) groups excluding carboxylic acids is 8. The molecule has 0 saturated carbocycles. The van der Waals surface area contributed by atoms with Crippen LogP contribution >= 0.6 is 0 Å². The van der Waals surface area contributed by atoms with Crippen molar-refractivity contribution in [2.45, 2.75) is 38.5 Å². The van der Waals surface area contributed by atoms with Gasteiger partial charge in [0.25, 0.3) is 0 Å². The van der Waals surface area contributed by atoms with Gasteiger partial charge in [0, 0.05) is 12.2 Å². The summed E-state index contributed by atoms with van der Waals surface area (Å²) in [4.78, 5) is 97.1. The quantitative estimate of drug-likeness (QED) is 0.0140. The molecule has 0 aliphatic carbocycles. The monoisotopic (exact) mass is 958 g/mol. The highest BCUT2D eigenvalue weighted by molar-refractivity contribution is 5.94. The van der Waals surface area contributed by atoms with Gasteiger partial charge in [-0.05, 0) is 160 Å². The molecule has 0 aromatic heterocycles. The minimum absolute atomic E-state index is 0.110. The van der Waals surface area contributed by atoms with E-state index < -0.39 is 48.1 Å². The molecule has 0 spiro atoms. The highest BCUT2D eigenvalue weighted by Crippen LogP contribution is 2.23. The van der Waals surface area contributed by atoms with E-state index >= 15 is 0 Å². The highest BCUT2D eigenvalue weighted by atomic mass is 16.7. The van der Waals surface area contributed by atoms with Crippen LogP contribution in [0.15, 0.2) is 147 Å². The van der Waals surface area contributed by atoms with Gasteiger partial charge >= 0.3 is 48.1 Å². The topological polar surface area (TPSA) is 229 Å². The maximum Gasteiger partial charge on any atom is 0.513 e. The van der Waals surface area contributed by atoms with Crippen molar-refractivity contribution >= 4 is 48.1 Å². The number of benzene rings is 5. The molecule has 18 heteroatoms. The summed E-state index contributed by atoms with van der Waals surface area (Å²) in [7, 11) is 0. The van der Waals surface area contributed by atoms with Crippen LogP contribution in [-0.4, -0.2) is 74.6 Å². The summed E-state index contributed by atoms with van der Waals surface area (Å²) >= 11 is 0.